The molecule has 4 aromatic rings. The summed E-state index contributed by atoms with van der Waals surface area (Å²) >= 11 is 0. The lowest BCUT2D eigenvalue weighted by molar-refractivity contribution is 0.242. The van der Waals surface area contributed by atoms with Crippen molar-refractivity contribution in [1.29, 1.82) is 0 Å². The van der Waals surface area contributed by atoms with Crippen LogP contribution in [0.1, 0.15) is 19.4 Å². The molecule has 0 aliphatic rings. The van der Waals surface area contributed by atoms with E-state index in [0.29, 0.717) is 0 Å². The molecule has 152 valence electrons. The summed E-state index contributed by atoms with van der Waals surface area (Å²) in [5.74, 6) is 2.41. The van der Waals surface area contributed by atoms with Crippen LogP contribution in [0.5, 0.6) is 11.5 Å². The van der Waals surface area contributed by atoms with Crippen LogP contribution in [-0.4, -0.2) is 13.2 Å². The van der Waals surface area contributed by atoms with Gasteiger partial charge in [-0.3, -0.25) is 0 Å². The van der Waals surface area contributed by atoms with Crippen molar-refractivity contribution in [1.82, 2.24) is 0 Å². The number of rotatable bonds is 5. The van der Waals surface area contributed by atoms with Crippen LogP contribution in [0.15, 0.2) is 82.2 Å². The van der Waals surface area contributed by atoms with Gasteiger partial charge in [-0.2, -0.15) is 0 Å². The monoisotopic (exact) mass is 399 g/mol. The molecule has 4 nitrogen and oxygen atoms in total. The second-order valence-electron chi connectivity index (χ2n) is 7.50. The van der Waals surface area contributed by atoms with Gasteiger partial charge in [0.25, 0.3) is 0 Å². The quantitative estimate of drug-likeness (QED) is 0.388. The molecule has 3 aromatic carbocycles. The van der Waals surface area contributed by atoms with Crippen molar-refractivity contribution in [3.8, 4) is 22.8 Å². The minimum Gasteiger partial charge on any atom is -0.497 e. The van der Waals surface area contributed by atoms with Gasteiger partial charge in [0.2, 0.25) is 0 Å². The van der Waals surface area contributed by atoms with Crippen molar-refractivity contribution >= 4 is 16.7 Å². The molecule has 0 saturated heterocycles. The number of hydrogen-bond acceptors (Lipinski definition) is 4. The standard InChI is InChI=1S/C26H25NO3/c1-17(2)29-22-12-8-20(9-13-22)27-24-16-26(19-6-10-21(28-4)11-7-19)30-25-14-5-18(3)15-23(24)25/h5-17H,1-4H3. The van der Waals surface area contributed by atoms with Gasteiger partial charge >= 0.3 is 0 Å². The van der Waals surface area contributed by atoms with Crippen LogP contribution in [0, 0.1) is 6.92 Å². The first-order valence-corrected chi connectivity index (χ1v) is 10.0. The first kappa shape index (κ1) is 19.8. The number of hydrogen-bond donors (Lipinski definition) is 0. The Morgan fingerprint density at radius 1 is 0.833 bits per heavy atom. The first-order chi connectivity index (χ1) is 14.5. The highest BCUT2D eigenvalue weighted by Crippen LogP contribution is 2.26. The molecule has 0 fully saturated rings. The minimum atomic E-state index is 0.141. The topological polar surface area (TPSA) is 44.0 Å². The lowest BCUT2D eigenvalue weighted by Crippen LogP contribution is -2.05. The van der Waals surface area contributed by atoms with Gasteiger partial charge < -0.3 is 13.9 Å². The summed E-state index contributed by atoms with van der Waals surface area (Å²) in [6.07, 6.45) is 0.141. The average molecular weight is 399 g/mol. The zero-order chi connectivity index (χ0) is 21.1. The highest BCUT2D eigenvalue weighted by Gasteiger charge is 2.07. The van der Waals surface area contributed by atoms with Crippen molar-refractivity contribution in [2.24, 2.45) is 4.99 Å². The second kappa shape index (κ2) is 8.46. The number of fused-ring (bicyclic) bond motifs is 1. The molecule has 0 aliphatic carbocycles. The van der Waals surface area contributed by atoms with Crippen LogP contribution in [0.2, 0.25) is 0 Å². The maximum absolute atomic E-state index is 6.20. The predicted octanol–water partition coefficient (Wildman–Crippen LogP) is 6.44. The lowest BCUT2D eigenvalue weighted by atomic mass is 10.1. The van der Waals surface area contributed by atoms with Crippen molar-refractivity contribution in [2.45, 2.75) is 26.9 Å². The fraction of sp³-hybridized carbons (Fsp3) is 0.192. The summed E-state index contributed by atoms with van der Waals surface area (Å²) in [4.78, 5) is 4.91. The Balaban J connectivity index is 1.84. The van der Waals surface area contributed by atoms with Gasteiger partial charge in [0.15, 0.2) is 0 Å². The average Bonchev–Trinajstić information content (AvgIpc) is 2.75. The summed E-state index contributed by atoms with van der Waals surface area (Å²) in [6.45, 7) is 6.10. The van der Waals surface area contributed by atoms with E-state index >= 15 is 0 Å². The molecule has 0 amide bonds. The molecule has 0 spiro atoms. The molecule has 4 heteroatoms. The molecular weight excluding hydrogens is 374 g/mol. The van der Waals surface area contributed by atoms with E-state index in [1.165, 1.54) is 0 Å². The highest BCUT2D eigenvalue weighted by atomic mass is 16.5. The highest BCUT2D eigenvalue weighted by molar-refractivity contribution is 5.79. The van der Waals surface area contributed by atoms with E-state index in [2.05, 4.69) is 13.0 Å². The Hall–Kier alpha value is -3.53. The minimum absolute atomic E-state index is 0.141. The second-order valence-corrected chi connectivity index (χ2v) is 7.50. The Morgan fingerprint density at radius 2 is 1.53 bits per heavy atom. The number of methoxy groups -OCH3 is 1. The summed E-state index contributed by atoms with van der Waals surface area (Å²) in [7, 11) is 1.66. The van der Waals surface area contributed by atoms with Crippen LogP contribution in [0.4, 0.5) is 5.69 Å². The van der Waals surface area contributed by atoms with Crippen LogP contribution < -0.4 is 14.8 Å². The van der Waals surface area contributed by atoms with Gasteiger partial charge in [-0.15, -0.1) is 0 Å². The summed E-state index contributed by atoms with van der Waals surface area (Å²) < 4.78 is 17.2. The van der Waals surface area contributed by atoms with Crippen molar-refractivity contribution in [3.05, 3.63) is 83.7 Å². The van der Waals surface area contributed by atoms with Crippen molar-refractivity contribution in [2.75, 3.05) is 7.11 Å². The van der Waals surface area contributed by atoms with Gasteiger partial charge in [-0.1, -0.05) is 11.6 Å². The Bertz CT molecular complexity index is 1220. The molecule has 0 radical (unpaired) electrons. The fourth-order valence-corrected chi connectivity index (χ4v) is 3.28. The first-order valence-electron chi connectivity index (χ1n) is 10.0. The molecular formula is C26H25NO3. The third-order valence-corrected chi connectivity index (χ3v) is 4.73. The zero-order valence-electron chi connectivity index (χ0n) is 17.7. The van der Waals surface area contributed by atoms with Gasteiger partial charge in [0.05, 0.1) is 24.3 Å². The van der Waals surface area contributed by atoms with Crippen LogP contribution in [-0.2, 0) is 0 Å². The maximum Gasteiger partial charge on any atom is 0.136 e. The van der Waals surface area contributed by atoms with E-state index in [0.717, 1.165) is 50.4 Å². The van der Waals surface area contributed by atoms with Crippen molar-refractivity contribution in [3.63, 3.8) is 0 Å². The molecule has 4 rings (SSSR count). The van der Waals surface area contributed by atoms with E-state index in [9.17, 15) is 0 Å². The maximum atomic E-state index is 6.20. The molecule has 0 unspecified atom stereocenters. The van der Waals surface area contributed by atoms with Crippen LogP contribution >= 0.6 is 0 Å². The van der Waals surface area contributed by atoms with Gasteiger partial charge in [-0.05, 0) is 81.4 Å². The molecule has 0 aliphatic heterocycles. The van der Waals surface area contributed by atoms with E-state index in [-0.39, 0.29) is 6.10 Å². The van der Waals surface area contributed by atoms with Crippen LogP contribution in [0.25, 0.3) is 22.3 Å². The summed E-state index contributed by atoms with van der Waals surface area (Å²) in [6, 6.07) is 23.8. The normalized spacial score (nSPS) is 11.8. The van der Waals surface area contributed by atoms with E-state index in [1.54, 1.807) is 7.11 Å². The molecule has 0 bridgehead atoms. The number of benzene rings is 3. The third-order valence-electron chi connectivity index (χ3n) is 4.73. The number of aryl methyl sites for hydroxylation is 1. The predicted molar refractivity (Wildman–Crippen MR) is 120 cm³/mol. The zero-order valence-corrected chi connectivity index (χ0v) is 17.7. The Morgan fingerprint density at radius 3 is 2.20 bits per heavy atom. The Labute approximate surface area is 176 Å². The molecule has 0 N–H and O–H groups in total. The van der Waals surface area contributed by atoms with E-state index < -0.39 is 0 Å². The Kier molecular flexibility index (Phi) is 5.57. The van der Waals surface area contributed by atoms with E-state index in [1.807, 2.05) is 80.6 Å². The smallest absolute Gasteiger partial charge is 0.136 e. The fourth-order valence-electron chi connectivity index (χ4n) is 3.28. The molecule has 0 atom stereocenters. The molecule has 1 aromatic heterocycles. The number of ether oxygens (including phenoxy) is 2. The third kappa shape index (κ3) is 4.38. The lowest BCUT2D eigenvalue weighted by Gasteiger charge is -2.09. The largest absolute Gasteiger partial charge is 0.497 e. The number of nitrogens with zero attached hydrogens (tertiary/aromatic N) is 1. The molecule has 30 heavy (non-hydrogen) atoms. The SMILES string of the molecule is COc1ccc(-c2cc(=Nc3ccc(OC(C)C)cc3)c3cc(C)ccc3o2)cc1. The summed E-state index contributed by atoms with van der Waals surface area (Å²) in [5.41, 5.74) is 3.79. The van der Waals surface area contributed by atoms with E-state index in [4.69, 9.17) is 18.9 Å². The molecule has 0 saturated carbocycles. The molecule has 1 heterocycles. The van der Waals surface area contributed by atoms with Gasteiger partial charge in [0, 0.05) is 17.0 Å². The van der Waals surface area contributed by atoms with Gasteiger partial charge in [0.1, 0.15) is 22.8 Å². The van der Waals surface area contributed by atoms with Crippen LogP contribution in [0.3, 0.4) is 0 Å². The summed E-state index contributed by atoms with van der Waals surface area (Å²) in [5, 5.41) is 1.85. The van der Waals surface area contributed by atoms with Gasteiger partial charge in [-0.25, -0.2) is 4.99 Å². The van der Waals surface area contributed by atoms with Crippen molar-refractivity contribution < 1.29 is 13.9 Å².